The van der Waals surface area contributed by atoms with Crippen LogP contribution in [0.25, 0.3) is 10.9 Å². The number of halogens is 1. The molecule has 0 bridgehead atoms. The number of nitrogens with one attached hydrogen (secondary N) is 1. The number of hydrogen-bond acceptors (Lipinski definition) is 4. The van der Waals surface area contributed by atoms with Crippen LogP contribution in [0.5, 0.6) is 0 Å². The molecule has 27 heavy (non-hydrogen) atoms. The van der Waals surface area contributed by atoms with Crippen molar-refractivity contribution in [2.45, 2.75) is 31.3 Å². The second kappa shape index (κ2) is 7.22. The minimum atomic E-state index is -3.14. The van der Waals surface area contributed by atoms with E-state index in [2.05, 4.69) is 26.1 Å². The fourth-order valence-electron chi connectivity index (χ4n) is 4.41. The fraction of sp³-hybridized carbons (Fsp3) is 0.526. The van der Waals surface area contributed by atoms with Gasteiger partial charge < -0.3 is 9.88 Å². The number of rotatable bonds is 3. The summed E-state index contributed by atoms with van der Waals surface area (Å²) in [5.74, 6) is -0.0833. The van der Waals surface area contributed by atoms with Gasteiger partial charge in [0.25, 0.3) is 5.91 Å². The van der Waals surface area contributed by atoms with E-state index in [1.807, 2.05) is 35.9 Å². The Hall–Kier alpha value is -1.38. The van der Waals surface area contributed by atoms with E-state index < -0.39 is 9.84 Å². The first kappa shape index (κ1) is 19.0. The summed E-state index contributed by atoms with van der Waals surface area (Å²) in [6.45, 7) is 1.81. The summed E-state index contributed by atoms with van der Waals surface area (Å²) in [6, 6.07) is 7.30. The summed E-state index contributed by atoms with van der Waals surface area (Å²) in [5, 5.41) is 4.00. The van der Waals surface area contributed by atoms with Crippen molar-refractivity contribution in [1.82, 2.24) is 14.8 Å². The molecule has 0 saturated carbocycles. The number of piperidine rings is 1. The standard InChI is InChI=1S/C19H24BrN3O3S/c1-22-15-8-4-3-7-13(15)17(20)18(22)19(24)21-14-11-27(25,26)12-16(14)23-9-5-2-6-10-23/h3-4,7-8,14,16H,2,5-6,9-12H2,1H3,(H,21,24). The van der Waals surface area contributed by atoms with Crippen molar-refractivity contribution >= 4 is 42.6 Å². The summed E-state index contributed by atoms with van der Waals surface area (Å²) < 4.78 is 27.2. The number of carbonyl (C=O) groups is 1. The van der Waals surface area contributed by atoms with Gasteiger partial charge in [0, 0.05) is 24.0 Å². The zero-order valence-electron chi connectivity index (χ0n) is 15.3. The quantitative estimate of drug-likeness (QED) is 0.773. The molecule has 2 aliphatic rings. The summed E-state index contributed by atoms with van der Waals surface area (Å²) in [7, 11) is -1.28. The lowest BCUT2D eigenvalue weighted by Gasteiger charge is -2.35. The third-order valence-corrected chi connectivity index (χ3v) is 8.28. The Morgan fingerprint density at radius 2 is 1.85 bits per heavy atom. The highest BCUT2D eigenvalue weighted by Crippen LogP contribution is 2.31. The number of likely N-dealkylation sites (tertiary alicyclic amines) is 1. The Bertz CT molecular complexity index is 940. The molecule has 0 aliphatic carbocycles. The van der Waals surface area contributed by atoms with Crippen LogP contribution in [0.4, 0.5) is 0 Å². The molecule has 2 aromatic rings. The molecule has 1 aromatic heterocycles. The molecule has 4 rings (SSSR count). The van der Waals surface area contributed by atoms with E-state index in [0.717, 1.165) is 41.3 Å². The Balaban J connectivity index is 1.61. The van der Waals surface area contributed by atoms with E-state index >= 15 is 0 Å². The second-order valence-corrected chi connectivity index (χ2v) is 10.5. The number of nitrogens with zero attached hydrogens (tertiary/aromatic N) is 2. The maximum absolute atomic E-state index is 13.1. The largest absolute Gasteiger partial charge is 0.345 e. The summed E-state index contributed by atoms with van der Waals surface area (Å²) in [4.78, 5) is 15.3. The lowest BCUT2D eigenvalue weighted by Crippen LogP contribution is -2.52. The van der Waals surface area contributed by atoms with Crippen molar-refractivity contribution < 1.29 is 13.2 Å². The minimum absolute atomic E-state index is 0.0153. The van der Waals surface area contributed by atoms with E-state index in [9.17, 15) is 13.2 Å². The topological polar surface area (TPSA) is 71.4 Å². The molecule has 146 valence electrons. The molecule has 0 radical (unpaired) electrons. The van der Waals surface area contributed by atoms with Gasteiger partial charge in [-0.2, -0.15) is 0 Å². The first-order valence-corrected chi connectivity index (χ1v) is 12.0. The number of amides is 1. The number of aryl methyl sites for hydroxylation is 1. The molecule has 2 unspecified atom stereocenters. The zero-order chi connectivity index (χ0) is 19.2. The average molecular weight is 454 g/mol. The number of aromatic nitrogens is 1. The number of sulfone groups is 1. The van der Waals surface area contributed by atoms with Crippen LogP contribution in [0.3, 0.4) is 0 Å². The third-order valence-electron chi connectivity index (χ3n) is 5.76. The van der Waals surface area contributed by atoms with E-state index in [1.54, 1.807) is 0 Å². The van der Waals surface area contributed by atoms with Crippen molar-refractivity contribution in [3.8, 4) is 0 Å². The molecule has 2 atom stereocenters. The lowest BCUT2D eigenvalue weighted by atomic mass is 10.0. The van der Waals surface area contributed by atoms with Crippen molar-refractivity contribution in [2.24, 2.45) is 7.05 Å². The Kier molecular flexibility index (Phi) is 5.07. The van der Waals surface area contributed by atoms with E-state index in [0.29, 0.717) is 5.69 Å². The highest BCUT2D eigenvalue weighted by atomic mass is 79.9. The van der Waals surface area contributed by atoms with Crippen molar-refractivity contribution in [3.05, 3.63) is 34.4 Å². The maximum atomic E-state index is 13.1. The van der Waals surface area contributed by atoms with Crippen molar-refractivity contribution in [1.29, 1.82) is 0 Å². The van der Waals surface area contributed by atoms with E-state index in [1.165, 1.54) is 6.42 Å². The monoisotopic (exact) mass is 453 g/mol. The molecule has 6 nitrogen and oxygen atoms in total. The fourth-order valence-corrected chi connectivity index (χ4v) is 7.15. The molecule has 2 saturated heterocycles. The van der Waals surface area contributed by atoms with Crippen molar-refractivity contribution in [2.75, 3.05) is 24.6 Å². The molecule has 1 N–H and O–H groups in total. The molecule has 2 aliphatic heterocycles. The SMILES string of the molecule is Cn1c(C(=O)NC2CS(=O)(=O)CC2N2CCCCC2)c(Br)c2ccccc21. The minimum Gasteiger partial charge on any atom is -0.345 e. The van der Waals surface area contributed by atoms with Crippen LogP contribution in [0.15, 0.2) is 28.7 Å². The smallest absolute Gasteiger partial charge is 0.269 e. The van der Waals surface area contributed by atoms with Crippen LogP contribution >= 0.6 is 15.9 Å². The number of hydrogen-bond donors (Lipinski definition) is 1. The number of fused-ring (bicyclic) bond motifs is 1. The van der Waals surface area contributed by atoms with Gasteiger partial charge in [0.2, 0.25) is 0 Å². The predicted molar refractivity (Wildman–Crippen MR) is 110 cm³/mol. The highest BCUT2D eigenvalue weighted by Gasteiger charge is 2.42. The van der Waals surface area contributed by atoms with Gasteiger partial charge in [0.15, 0.2) is 9.84 Å². The number of para-hydroxylation sites is 1. The molecule has 2 fully saturated rings. The van der Waals surface area contributed by atoms with Crippen molar-refractivity contribution in [3.63, 3.8) is 0 Å². The number of benzene rings is 1. The normalized spacial score (nSPS) is 25.7. The molecule has 1 aromatic carbocycles. The molecular weight excluding hydrogens is 430 g/mol. The lowest BCUT2D eigenvalue weighted by molar-refractivity contribution is 0.0891. The molecule has 0 spiro atoms. The Labute approximate surface area is 167 Å². The predicted octanol–water partition coefficient (Wildman–Crippen LogP) is 2.32. The van der Waals surface area contributed by atoms with Gasteiger partial charge in [-0.1, -0.05) is 24.6 Å². The molecular formula is C19H24BrN3O3S. The molecule has 3 heterocycles. The van der Waals surface area contributed by atoms with Gasteiger partial charge in [-0.25, -0.2) is 8.42 Å². The Morgan fingerprint density at radius 3 is 2.56 bits per heavy atom. The zero-order valence-corrected chi connectivity index (χ0v) is 17.7. The third kappa shape index (κ3) is 3.54. The molecule has 1 amide bonds. The van der Waals surface area contributed by atoms with Crippen LogP contribution in [0.2, 0.25) is 0 Å². The Morgan fingerprint density at radius 1 is 1.15 bits per heavy atom. The summed E-state index contributed by atoms with van der Waals surface area (Å²) in [6.07, 6.45) is 3.37. The van der Waals surface area contributed by atoms with Gasteiger partial charge >= 0.3 is 0 Å². The van der Waals surface area contributed by atoms with Gasteiger partial charge in [-0.3, -0.25) is 9.69 Å². The number of carbonyl (C=O) groups excluding carboxylic acids is 1. The first-order chi connectivity index (χ1) is 12.9. The van der Waals surface area contributed by atoms with Crippen LogP contribution in [-0.4, -0.2) is 60.5 Å². The summed E-state index contributed by atoms with van der Waals surface area (Å²) in [5.41, 5.74) is 1.49. The first-order valence-electron chi connectivity index (χ1n) is 9.35. The second-order valence-electron chi connectivity index (χ2n) is 7.56. The van der Waals surface area contributed by atoms with Gasteiger partial charge in [-0.15, -0.1) is 0 Å². The van der Waals surface area contributed by atoms with Crippen LogP contribution in [0.1, 0.15) is 29.8 Å². The van der Waals surface area contributed by atoms with E-state index in [4.69, 9.17) is 0 Å². The highest BCUT2D eigenvalue weighted by molar-refractivity contribution is 9.10. The molecule has 8 heteroatoms. The maximum Gasteiger partial charge on any atom is 0.269 e. The van der Waals surface area contributed by atoms with Crippen LogP contribution in [0, 0.1) is 0 Å². The van der Waals surface area contributed by atoms with Gasteiger partial charge in [-0.05, 0) is 47.9 Å². The van der Waals surface area contributed by atoms with Crippen LogP contribution in [-0.2, 0) is 16.9 Å². The van der Waals surface area contributed by atoms with E-state index in [-0.39, 0.29) is 29.5 Å². The van der Waals surface area contributed by atoms with Gasteiger partial charge in [0.05, 0.1) is 22.0 Å². The summed E-state index contributed by atoms with van der Waals surface area (Å²) >= 11 is 3.56. The average Bonchev–Trinajstić information content (AvgIpc) is 3.09. The van der Waals surface area contributed by atoms with Gasteiger partial charge in [0.1, 0.15) is 5.69 Å². The van der Waals surface area contributed by atoms with Crippen LogP contribution < -0.4 is 5.32 Å².